The summed E-state index contributed by atoms with van der Waals surface area (Å²) < 4.78 is 25.1. The van der Waals surface area contributed by atoms with E-state index in [1.54, 1.807) is 27.9 Å². The van der Waals surface area contributed by atoms with E-state index in [0.717, 1.165) is 31.8 Å². The second kappa shape index (κ2) is 16.4. The van der Waals surface area contributed by atoms with Crippen LogP contribution in [0, 0.1) is 35.0 Å². The molecule has 278 valence electrons. The number of cyclic esters (lactones) is 1. The Balaban J connectivity index is 1.61. The highest BCUT2D eigenvalue weighted by atomic mass is 16.7. The first kappa shape index (κ1) is 39.6. The van der Waals surface area contributed by atoms with Crippen LogP contribution in [0.1, 0.15) is 80.1 Å². The summed E-state index contributed by atoms with van der Waals surface area (Å²) in [6, 6.07) is -0.393. The lowest BCUT2D eigenvalue weighted by molar-refractivity contribution is -0.295. The first-order chi connectivity index (χ1) is 22.5. The molecular formula is C37H67N3O8. The van der Waals surface area contributed by atoms with Gasteiger partial charge in [-0.3, -0.25) is 14.5 Å². The number of rotatable bonds is 9. The summed E-state index contributed by atoms with van der Waals surface area (Å²) in [5, 5.41) is 22.2. The van der Waals surface area contributed by atoms with E-state index in [-0.39, 0.29) is 49.0 Å². The molecule has 1 aliphatic carbocycles. The van der Waals surface area contributed by atoms with Gasteiger partial charge in [0.2, 0.25) is 0 Å². The SMILES string of the molecule is CO[C@]1(C)C[C@@H](C)CN(C)[C@H]([C@@H](CO)C2CCN(CC3CC3)CC2)COC(=O)C(C)(C)C(=O)[C@H](C)[C@H]1OC1OC(C)CC(N(C)C)C1O. The molecule has 4 aliphatic rings. The molecule has 0 bridgehead atoms. The molecule has 48 heavy (non-hydrogen) atoms. The summed E-state index contributed by atoms with van der Waals surface area (Å²) in [4.78, 5) is 34.9. The number of Topliss-reactive ketones (excluding diaryl/α,β-unsaturated/α-hetero) is 1. The van der Waals surface area contributed by atoms with Crippen molar-refractivity contribution >= 4 is 11.8 Å². The molecule has 0 aromatic carbocycles. The number of esters is 1. The molecular weight excluding hydrogens is 614 g/mol. The van der Waals surface area contributed by atoms with E-state index in [1.165, 1.54) is 19.4 Å². The average molecular weight is 682 g/mol. The fourth-order valence-corrected chi connectivity index (χ4v) is 8.83. The number of ether oxygens (including phenoxy) is 4. The maximum atomic E-state index is 14.3. The van der Waals surface area contributed by atoms with Gasteiger partial charge in [0.15, 0.2) is 12.1 Å². The molecule has 1 saturated carbocycles. The molecule has 11 nitrogen and oxygen atoms in total. The molecule has 0 radical (unpaired) electrons. The van der Waals surface area contributed by atoms with Crippen molar-refractivity contribution in [2.45, 2.75) is 122 Å². The Morgan fingerprint density at radius 3 is 2.27 bits per heavy atom. The van der Waals surface area contributed by atoms with Crippen LogP contribution in [0.5, 0.6) is 0 Å². The number of likely N-dealkylation sites (tertiary alicyclic amines) is 1. The molecule has 4 rings (SSSR count). The number of aliphatic hydroxyl groups excluding tert-OH is 2. The van der Waals surface area contributed by atoms with E-state index in [1.807, 2.05) is 39.9 Å². The number of carbonyl (C=O) groups excluding carboxylic acids is 2. The van der Waals surface area contributed by atoms with Crippen LogP contribution in [-0.4, -0.2) is 147 Å². The Labute approximate surface area is 289 Å². The van der Waals surface area contributed by atoms with Gasteiger partial charge in [0.25, 0.3) is 0 Å². The molecule has 0 amide bonds. The lowest BCUT2D eigenvalue weighted by Crippen LogP contribution is -2.59. The third-order valence-electron chi connectivity index (χ3n) is 12.1. The Bertz CT molecular complexity index is 1060. The number of carbonyl (C=O) groups is 2. The van der Waals surface area contributed by atoms with E-state index in [9.17, 15) is 19.8 Å². The van der Waals surface area contributed by atoms with Crippen molar-refractivity contribution in [1.82, 2.24) is 14.7 Å². The quantitative estimate of drug-likeness (QED) is 0.276. The molecule has 11 heteroatoms. The minimum absolute atomic E-state index is 0.00929. The van der Waals surface area contributed by atoms with E-state index in [4.69, 9.17) is 18.9 Å². The number of hydrogen-bond acceptors (Lipinski definition) is 11. The maximum Gasteiger partial charge on any atom is 0.319 e. The number of ketones is 1. The van der Waals surface area contributed by atoms with Gasteiger partial charge < -0.3 is 39.0 Å². The zero-order valence-corrected chi connectivity index (χ0v) is 31.5. The van der Waals surface area contributed by atoms with Gasteiger partial charge in [0.05, 0.1) is 17.8 Å². The standard InChI is InChI=1S/C37H67N3O8/c1-23-18-37(6,45-10)33(48-34-31(42)29(38(7)8)17-24(2)47-34)25(3)32(43)36(4,5)35(44)46-22-30(39(9)19-23)28(21-41)27-13-15-40(16-14-27)20-26-11-12-26/h23-31,33-34,41-42H,11-22H2,1-10H3/t23-,24?,25+,28+,29?,30+,31?,33-,34?,37-/m1/s1. The molecule has 0 aromatic rings. The van der Waals surface area contributed by atoms with Gasteiger partial charge in [-0.05, 0) is 118 Å². The van der Waals surface area contributed by atoms with Crippen LogP contribution >= 0.6 is 0 Å². The van der Waals surface area contributed by atoms with Crippen LogP contribution in [0.2, 0.25) is 0 Å². The van der Waals surface area contributed by atoms with Gasteiger partial charge in [-0.15, -0.1) is 0 Å². The van der Waals surface area contributed by atoms with E-state index >= 15 is 0 Å². The molecule has 2 N–H and O–H groups in total. The molecule has 4 unspecified atom stereocenters. The second-order valence-electron chi connectivity index (χ2n) is 16.8. The highest BCUT2D eigenvalue weighted by Gasteiger charge is 2.52. The normalized spacial score (nSPS) is 39.4. The summed E-state index contributed by atoms with van der Waals surface area (Å²) in [6.45, 7) is 15.1. The van der Waals surface area contributed by atoms with Crippen molar-refractivity contribution in [3.05, 3.63) is 0 Å². The van der Waals surface area contributed by atoms with Crippen LogP contribution in [0.25, 0.3) is 0 Å². The monoisotopic (exact) mass is 681 g/mol. The summed E-state index contributed by atoms with van der Waals surface area (Å²) >= 11 is 0. The van der Waals surface area contributed by atoms with Crippen molar-refractivity contribution in [1.29, 1.82) is 0 Å². The summed E-state index contributed by atoms with van der Waals surface area (Å²) in [6.07, 6.45) is 2.98. The van der Waals surface area contributed by atoms with Crippen LogP contribution in [0.4, 0.5) is 0 Å². The second-order valence-corrected chi connectivity index (χ2v) is 16.8. The fourth-order valence-electron chi connectivity index (χ4n) is 8.83. The van der Waals surface area contributed by atoms with Gasteiger partial charge >= 0.3 is 5.97 Å². The van der Waals surface area contributed by atoms with Crippen LogP contribution in [0.3, 0.4) is 0 Å². The Hall–Kier alpha value is -1.18. The molecule has 3 aliphatic heterocycles. The van der Waals surface area contributed by atoms with Gasteiger partial charge in [-0.2, -0.15) is 0 Å². The Morgan fingerprint density at radius 2 is 1.71 bits per heavy atom. The predicted molar refractivity (Wildman–Crippen MR) is 184 cm³/mol. The molecule has 4 fully saturated rings. The summed E-state index contributed by atoms with van der Waals surface area (Å²) in [5.41, 5.74) is -2.42. The molecule has 0 spiro atoms. The highest BCUT2D eigenvalue weighted by molar-refractivity contribution is 6.04. The van der Waals surface area contributed by atoms with E-state index < -0.39 is 41.4 Å². The molecule has 0 aromatic heterocycles. The fraction of sp³-hybridized carbons (Fsp3) is 0.946. The number of nitrogens with zero attached hydrogens (tertiary/aromatic N) is 3. The van der Waals surface area contributed by atoms with Crippen LogP contribution in [-0.2, 0) is 28.5 Å². The van der Waals surface area contributed by atoms with Gasteiger partial charge in [0, 0.05) is 50.7 Å². The van der Waals surface area contributed by atoms with Crippen LogP contribution < -0.4 is 0 Å². The Kier molecular flexibility index (Phi) is 13.6. The maximum absolute atomic E-state index is 14.3. The number of hydrogen-bond donors (Lipinski definition) is 2. The predicted octanol–water partition coefficient (Wildman–Crippen LogP) is 3.05. The first-order valence-corrected chi connectivity index (χ1v) is 18.5. The van der Waals surface area contributed by atoms with E-state index in [0.29, 0.717) is 25.3 Å². The highest BCUT2D eigenvalue weighted by Crippen LogP contribution is 2.39. The van der Waals surface area contributed by atoms with Crippen molar-refractivity contribution in [3.63, 3.8) is 0 Å². The number of aliphatic hydroxyl groups is 2. The third-order valence-corrected chi connectivity index (χ3v) is 12.1. The van der Waals surface area contributed by atoms with Crippen molar-refractivity contribution in [2.24, 2.45) is 35.0 Å². The Morgan fingerprint density at radius 1 is 1.06 bits per heavy atom. The summed E-state index contributed by atoms with van der Waals surface area (Å²) in [5.74, 6) is -0.498. The van der Waals surface area contributed by atoms with Crippen molar-refractivity contribution < 1.29 is 38.7 Å². The van der Waals surface area contributed by atoms with Crippen molar-refractivity contribution in [3.8, 4) is 0 Å². The number of likely N-dealkylation sites (N-methyl/N-ethyl adjacent to an activating group) is 2. The lowest BCUT2D eigenvalue weighted by Gasteiger charge is -2.47. The molecule has 3 heterocycles. The first-order valence-electron chi connectivity index (χ1n) is 18.5. The third kappa shape index (κ3) is 9.18. The smallest absolute Gasteiger partial charge is 0.319 e. The number of piperidine rings is 1. The molecule has 10 atom stereocenters. The minimum Gasteiger partial charge on any atom is -0.463 e. The van der Waals surface area contributed by atoms with Gasteiger partial charge in [-0.1, -0.05) is 13.8 Å². The topological polar surface area (TPSA) is 121 Å². The zero-order chi connectivity index (χ0) is 35.6. The minimum atomic E-state index is -1.47. The van der Waals surface area contributed by atoms with Gasteiger partial charge in [-0.25, -0.2) is 0 Å². The van der Waals surface area contributed by atoms with Crippen molar-refractivity contribution in [2.75, 3.05) is 67.6 Å². The number of methoxy groups -OCH3 is 1. The molecule has 3 saturated heterocycles. The van der Waals surface area contributed by atoms with Crippen LogP contribution in [0.15, 0.2) is 0 Å². The largest absolute Gasteiger partial charge is 0.463 e. The lowest BCUT2D eigenvalue weighted by atomic mass is 9.74. The van der Waals surface area contributed by atoms with E-state index in [2.05, 4.69) is 16.7 Å². The zero-order valence-electron chi connectivity index (χ0n) is 31.5. The average Bonchev–Trinajstić information content (AvgIpc) is 3.86. The van der Waals surface area contributed by atoms with Gasteiger partial charge in [0.1, 0.15) is 18.1 Å². The summed E-state index contributed by atoms with van der Waals surface area (Å²) in [7, 11) is 7.52.